The quantitative estimate of drug-likeness (QED) is 0.601. The van der Waals surface area contributed by atoms with E-state index in [0.717, 1.165) is 12.1 Å². The normalized spacial score (nSPS) is 11.6. The Labute approximate surface area is 104 Å². The second kappa shape index (κ2) is 5.19. The number of rotatable bonds is 3. The molecule has 0 aliphatic heterocycles. The lowest BCUT2D eigenvalue weighted by molar-refractivity contribution is -0.137. The van der Waals surface area contributed by atoms with E-state index in [9.17, 15) is 18.0 Å². The highest BCUT2D eigenvalue weighted by Gasteiger charge is 2.34. The molecule has 1 rings (SSSR count). The lowest BCUT2D eigenvalue weighted by Gasteiger charge is -2.11. The number of carbonyl (C=O) groups excluding carboxylic acids is 1. The maximum Gasteiger partial charge on any atom is 0.417 e. The van der Waals surface area contributed by atoms with Crippen LogP contribution in [-0.4, -0.2) is 11.7 Å². The predicted molar refractivity (Wildman–Crippen MR) is 58.8 cm³/mol. The zero-order valence-corrected chi connectivity index (χ0v) is 10.3. The smallest absolute Gasteiger partial charge is 0.294 e. The van der Waals surface area contributed by atoms with Crippen LogP contribution in [0.1, 0.15) is 22.3 Å². The molecule has 88 valence electrons. The maximum atomic E-state index is 12.6. The van der Waals surface area contributed by atoms with Crippen LogP contribution >= 0.6 is 27.5 Å². The summed E-state index contributed by atoms with van der Waals surface area (Å²) in [5, 5.41) is 0. The molecule has 1 aromatic rings. The average Bonchev–Trinajstić information content (AvgIpc) is 2.16. The molecule has 0 radical (unpaired) electrons. The van der Waals surface area contributed by atoms with Crippen LogP contribution in [-0.2, 0) is 6.18 Å². The summed E-state index contributed by atoms with van der Waals surface area (Å²) in [7, 11) is 0. The van der Waals surface area contributed by atoms with Crippen LogP contribution in [0.4, 0.5) is 13.2 Å². The molecular formula is C10H7BrClF3O. The van der Waals surface area contributed by atoms with E-state index in [4.69, 9.17) is 11.6 Å². The molecule has 0 N–H and O–H groups in total. The molecule has 16 heavy (non-hydrogen) atoms. The first-order chi connectivity index (χ1) is 7.36. The van der Waals surface area contributed by atoms with Gasteiger partial charge in [0.25, 0.3) is 0 Å². The molecule has 1 aromatic carbocycles. The van der Waals surface area contributed by atoms with Gasteiger partial charge in [-0.1, -0.05) is 15.9 Å². The second-order valence-corrected chi connectivity index (χ2v) is 4.34. The van der Waals surface area contributed by atoms with E-state index in [1.165, 1.54) is 6.07 Å². The van der Waals surface area contributed by atoms with Crippen molar-refractivity contribution in [1.82, 2.24) is 0 Å². The number of Topliss-reactive ketones (excluding diaryl/α,β-unsaturated/α-hetero) is 1. The average molecular weight is 316 g/mol. The lowest BCUT2D eigenvalue weighted by atomic mass is 10.0. The van der Waals surface area contributed by atoms with Crippen molar-refractivity contribution in [2.24, 2.45) is 0 Å². The monoisotopic (exact) mass is 314 g/mol. The third kappa shape index (κ3) is 3.22. The van der Waals surface area contributed by atoms with Gasteiger partial charge in [0, 0.05) is 22.3 Å². The van der Waals surface area contributed by atoms with Crippen LogP contribution in [0, 0.1) is 0 Å². The number of hydrogen-bond acceptors (Lipinski definition) is 1. The molecule has 0 spiro atoms. The third-order valence-electron chi connectivity index (χ3n) is 1.91. The van der Waals surface area contributed by atoms with Gasteiger partial charge in [-0.2, -0.15) is 13.2 Å². The summed E-state index contributed by atoms with van der Waals surface area (Å²) in [5.41, 5.74) is -1.27. The number of hydrogen-bond donors (Lipinski definition) is 0. The Balaban J connectivity index is 3.24. The number of ketones is 1. The summed E-state index contributed by atoms with van der Waals surface area (Å²) in [6.45, 7) is 0. The zero-order chi connectivity index (χ0) is 12.3. The second-order valence-electron chi connectivity index (χ2n) is 3.05. The van der Waals surface area contributed by atoms with Gasteiger partial charge in [-0.3, -0.25) is 4.79 Å². The van der Waals surface area contributed by atoms with Crippen LogP contribution in [0.3, 0.4) is 0 Å². The Morgan fingerprint density at radius 2 is 2.00 bits per heavy atom. The molecule has 0 aromatic heterocycles. The molecule has 1 nitrogen and oxygen atoms in total. The maximum absolute atomic E-state index is 12.6. The number of halogens is 5. The molecule has 0 heterocycles. The Bertz CT molecular complexity index is 404. The van der Waals surface area contributed by atoms with E-state index >= 15 is 0 Å². The van der Waals surface area contributed by atoms with E-state index < -0.39 is 17.5 Å². The lowest BCUT2D eigenvalue weighted by Crippen LogP contribution is -2.13. The van der Waals surface area contributed by atoms with Crippen LogP contribution in [0.25, 0.3) is 0 Å². The first-order valence-electron chi connectivity index (χ1n) is 4.32. The van der Waals surface area contributed by atoms with Gasteiger partial charge >= 0.3 is 6.18 Å². The minimum atomic E-state index is -4.53. The van der Waals surface area contributed by atoms with Gasteiger partial charge in [0.15, 0.2) is 5.78 Å². The Hall–Kier alpha value is -0.550. The van der Waals surface area contributed by atoms with E-state index in [1.807, 2.05) is 0 Å². The minimum Gasteiger partial charge on any atom is -0.294 e. The largest absolute Gasteiger partial charge is 0.417 e. The van der Waals surface area contributed by atoms with Crippen LogP contribution in [0.15, 0.2) is 22.7 Å². The van der Waals surface area contributed by atoms with Crippen LogP contribution < -0.4 is 0 Å². The van der Waals surface area contributed by atoms with Gasteiger partial charge in [0.1, 0.15) is 0 Å². The van der Waals surface area contributed by atoms with Gasteiger partial charge < -0.3 is 0 Å². The molecule has 0 saturated carbocycles. The van der Waals surface area contributed by atoms with Crippen molar-refractivity contribution in [2.45, 2.75) is 12.6 Å². The molecule has 0 saturated heterocycles. The summed E-state index contributed by atoms with van der Waals surface area (Å²) in [6, 6.07) is 3.30. The van der Waals surface area contributed by atoms with E-state index in [0.29, 0.717) is 4.47 Å². The first kappa shape index (κ1) is 13.5. The van der Waals surface area contributed by atoms with E-state index in [1.54, 1.807) is 0 Å². The molecule has 0 unspecified atom stereocenters. The molecule has 0 fully saturated rings. The third-order valence-corrected chi connectivity index (χ3v) is 2.59. The first-order valence-corrected chi connectivity index (χ1v) is 5.65. The van der Waals surface area contributed by atoms with Crippen molar-refractivity contribution in [1.29, 1.82) is 0 Å². The topological polar surface area (TPSA) is 17.1 Å². The summed E-state index contributed by atoms with van der Waals surface area (Å²) in [5.74, 6) is -0.605. The van der Waals surface area contributed by atoms with Crippen molar-refractivity contribution < 1.29 is 18.0 Å². The fraction of sp³-hybridized carbons (Fsp3) is 0.300. The number of benzene rings is 1. The summed E-state index contributed by atoms with van der Waals surface area (Å²) in [4.78, 5) is 11.5. The highest BCUT2D eigenvalue weighted by atomic mass is 79.9. The fourth-order valence-corrected chi connectivity index (χ4v) is 1.75. The van der Waals surface area contributed by atoms with Crippen molar-refractivity contribution in [3.05, 3.63) is 33.8 Å². The van der Waals surface area contributed by atoms with Gasteiger partial charge in [-0.25, -0.2) is 0 Å². The highest BCUT2D eigenvalue weighted by molar-refractivity contribution is 9.10. The zero-order valence-electron chi connectivity index (χ0n) is 7.94. The minimum absolute atomic E-state index is 0.00262. The summed E-state index contributed by atoms with van der Waals surface area (Å²) in [6.07, 6.45) is -4.64. The van der Waals surface area contributed by atoms with Gasteiger partial charge in [0.2, 0.25) is 0 Å². The molecule has 0 aliphatic carbocycles. The van der Waals surface area contributed by atoms with Gasteiger partial charge in [-0.05, 0) is 18.2 Å². The molecule has 0 atom stereocenters. The van der Waals surface area contributed by atoms with Crippen molar-refractivity contribution in [3.63, 3.8) is 0 Å². The summed E-state index contributed by atoms with van der Waals surface area (Å²) >= 11 is 8.37. The summed E-state index contributed by atoms with van der Waals surface area (Å²) < 4.78 is 38.2. The molecular weight excluding hydrogens is 308 g/mol. The van der Waals surface area contributed by atoms with Crippen molar-refractivity contribution in [2.75, 3.05) is 5.88 Å². The van der Waals surface area contributed by atoms with Crippen molar-refractivity contribution >= 4 is 33.3 Å². The Morgan fingerprint density at radius 1 is 1.38 bits per heavy atom. The fourth-order valence-electron chi connectivity index (χ4n) is 1.21. The number of carbonyl (C=O) groups is 1. The van der Waals surface area contributed by atoms with Crippen LogP contribution in [0.5, 0.6) is 0 Å². The predicted octanol–water partition coefficient (Wildman–Crippen LogP) is 4.28. The van der Waals surface area contributed by atoms with E-state index in [2.05, 4.69) is 15.9 Å². The SMILES string of the molecule is O=C(CCCl)c1cc(Br)ccc1C(F)(F)F. The Kier molecular flexibility index (Phi) is 4.38. The Morgan fingerprint density at radius 3 is 2.50 bits per heavy atom. The molecule has 6 heteroatoms. The van der Waals surface area contributed by atoms with Crippen molar-refractivity contribution in [3.8, 4) is 0 Å². The molecule has 0 aliphatic rings. The number of alkyl halides is 4. The van der Waals surface area contributed by atoms with E-state index in [-0.39, 0.29) is 17.9 Å². The van der Waals surface area contributed by atoms with Gasteiger partial charge in [0.05, 0.1) is 5.56 Å². The molecule has 0 bridgehead atoms. The standard InChI is InChI=1S/C10H7BrClF3O/c11-6-1-2-8(10(13,14)15)7(5-6)9(16)3-4-12/h1-2,5H,3-4H2. The van der Waals surface area contributed by atoms with Crippen LogP contribution in [0.2, 0.25) is 0 Å². The molecule has 0 amide bonds. The van der Waals surface area contributed by atoms with Gasteiger partial charge in [-0.15, -0.1) is 11.6 Å². The highest BCUT2D eigenvalue weighted by Crippen LogP contribution is 2.33.